The molecule has 3 rings (SSSR count). The third kappa shape index (κ3) is 4.22. The Labute approximate surface area is 171 Å². The van der Waals surface area contributed by atoms with E-state index in [0.717, 1.165) is 12.1 Å². The molecule has 1 heterocycles. The summed E-state index contributed by atoms with van der Waals surface area (Å²) in [6.07, 6.45) is 0.0387. The molecular weight excluding hydrogens is 490 g/mol. The van der Waals surface area contributed by atoms with Crippen LogP contribution in [0.15, 0.2) is 30.3 Å². The molecule has 28 heavy (non-hydrogen) atoms. The van der Waals surface area contributed by atoms with Crippen LogP contribution in [-0.4, -0.2) is 35.0 Å². The number of carbonyl (C=O) groups is 2. The lowest BCUT2D eigenvalue weighted by molar-refractivity contribution is -0.131. The number of carbonyl (C=O) groups excluding carboxylic acids is 2. The number of amides is 2. The van der Waals surface area contributed by atoms with Crippen LogP contribution in [-0.2, 0) is 4.79 Å². The van der Waals surface area contributed by atoms with Crippen molar-refractivity contribution in [1.82, 2.24) is 10.4 Å². The lowest BCUT2D eigenvalue weighted by atomic mass is 9.94. The van der Waals surface area contributed by atoms with Gasteiger partial charge in [0, 0.05) is 29.0 Å². The van der Waals surface area contributed by atoms with Crippen LogP contribution in [0.25, 0.3) is 0 Å². The first-order chi connectivity index (χ1) is 13.3. The molecule has 3 N–H and O–H groups in total. The van der Waals surface area contributed by atoms with E-state index in [2.05, 4.69) is 5.32 Å². The van der Waals surface area contributed by atoms with Gasteiger partial charge in [0.25, 0.3) is 5.91 Å². The van der Waals surface area contributed by atoms with Crippen molar-refractivity contribution in [2.24, 2.45) is 5.92 Å². The second-order valence-electron chi connectivity index (χ2n) is 6.35. The SMILES string of the molecule is O=C(CC1CN(C(=O)c2ccc(F)c(F)c2Nc2ccc(I)cc2F)C1)NO. The molecule has 2 aromatic rings. The van der Waals surface area contributed by atoms with E-state index in [9.17, 15) is 22.8 Å². The molecule has 0 unspecified atom stereocenters. The van der Waals surface area contributed by atoms with E-state index in [1.807, 2.05) is 22.6 Å². The maximum absolute atomic E-state index is 14.4. The molecule has 2 amide bonds. The number of benzene rings is 2. The maximum Gasteiger partial charge on any atom is 0.256 e. The number of halogens is 4. The smallest absolute Gasteiger partial charge is 0.256 e. The fraction of sp³-hybridized carbons (Fsp3) is 0.222. The molecular formula is C18H15F3IN3O3. The highest BCUT2D eigenvalue weighted by Gasteiger charge is 2.34. The Morgan fingerprint density at radius 2 is 1.86 bits per heavy atom. The molecule has 0 saturated carbocycles. The number of hydrogen-bond donors (Lipinski definition) is 3. The third-order valence-electron chi connectivity index (χ3n) is 4.36. The molecule has 0 radical (unpaired) electrons. The Balaban J connectivity index is 1.83. The molecule has 148 valence electrons. The summed E-state index contributed by atoms with van der Waals surface area (Å²) in [6.45, 7) is 0.450. The minimum Gasteiger partial charge on any atom is -0.350 e. The summed E-state index contributed by atoms with van der Waals surface area (Å²) in [5.41, 5.74) is 0.814. The van der Waals surface area contributed by atoms with Gasteiger partial charge in [-0.05, 0) is 52.9 Å². The summed E-state index contributed by atoms with van der Waals surface area (Å²) in [6, 6.07) is 6.11. The molecule has 0 bridgehead atoms. The fourth-order valence-electron chi connectivity index (χ4n) is 2.92. The van der Waals surface area contributed by atoms with Gasteiger partial charge >= 0.3 is 0 Å². The Morgan fingerprint density at radius 3 is 2.50 bits per heavy atom. The number of likely N-dealkylation sites (tertiary alicyclic amines) is 1. The largest absolute Gasteiger partial charge is 0.350 e. The second kappa shape index (κ2) is 8.35. The molecule has 0 spiro atoms. The van der Waals surface area contributed by atoms with Gasteiger partial charge in [-0.15, -0.1) is 0 Å². The first-order valence-corrected chi connectivity index (χ1v) is 9.30. The average molecular weight is 505 g/mol. The minimum atomic E-state index is -1.29. The first kappa shape index (κ1) is 20.4. The number of anilines is 2. The normalized spacial score (nSPS) is 13.8. The van der Waals surface area contributed by atoms with Crippen molar-refractivity contribution in [3.05, 3.63) is 56.9 Å². The number of nitrogens with zero attached hydrogens (tertiary/aromatic N) is 1. The molecule has 1 aliphatic rings. The van der Waals surface area contributed by atoms with Crippen LogP contribution in [0, 0.1) is 26.9 Å². The number of hydrogen-bond acceptors (Lipinski definition) is 4. The highest BCUT2D eigenvalue weighted by molar-refractivity contribution is 14.1. The Kier molecular flexibility index (Phi) is 6.08. The molecule has 1 aliphatic heterocycles. The predicted molar refractivity (Wildman–Crippen MR) is 103 cm³/mol. The van der Waals surface area contributed by atoms with Crippen LogP contribution in [0.2, 0.25) is 0 Å². The zero-order valence-electron chi connectivity index (χ0n) is 14.3. The van der Waals surface area contributed by atoms with Gasteiger partial charge < -0.3 is 10.2 Å². The molecule has 1 saturated heterocycles. The van der Waals surface area contributed by atoms with E-state index < -0.39 is 35.0 Å². The van der Waals surface area contributed by atoms with Gasteiger partial charge in [-0.2, -0.15) is 0 Å². The highest BCUT2D eigenvalue weighted by Crippen LogP contribution is 2.31. The maximum atomic E-state index is 14.4. The average Bonchev–Trinajstić information content (AvgIpc) is 2.63. The van der Waals surface area contributed by atoms with Crippen LogP contribution in [0.4, 0.5) is 24.5 Å². The summed E-state index contributed by atoms with van der Waals surface area (Å²) in [7, 11) is 0. The highest BCUT2D eigenvalue weighted by atomic mass is 127. The van der Waals surface area contributed by atoms with Crippen molar-refractivity contribution >= 4 is 45.8 Å². The van der Waals surface area contributed by atoms with Gasteiger partial charge in [0.1, 0.15) is 5.82 Å². The molecule has 2 aromatic carbocycles. The Bertz CT molecular complexity index is 936. The summed E-state index contributed by atoms with van der Waals surface area (Å²) < 4.78 is 42.8. The third-order valence-corrected chi connectivity index (χ3v) is 5.03. The molecule has 6 nitrogen and oxygen atoms in total. The Hall–Kier alpha value is -2.34. The van der Waals surface area contributed by atoms with Crippen molar-refractivity contribution in [1.29, 1.82) is 0 Å². The second-order valence-corrected chi connectivity index (χ2v) is 7.59. The zero-order chi connectivity index (χ0) is 20.4. The van der Waals surface area contributed by atoms with Gasteiger partial charge in [-0.1, -0.05) is 0 Å². The topological polar surface area (TPSA) is 81.7 Å². The van der Waals surface area contributed by atoms with Gasteiger partial charge in [0.15, 0.2) is 11.6 Å². The van der Waals surface area contributed by atoms with Crippen molar-refractivity contribution in [3.63, 3.8) is 0 Å². The summed E-state index contributed by atoms with van der Waals surface area (Å²) in [5.74, 6) is -4.43. The monoisotopic (exact) mass is 505 g/mol. The molecule has 0 aromatic heterocycles. The number of rotatable bonds is 5. The zero-order valence-corrected chi connectivity index (χ0v) is 16.5. The van der Waals surface area contributed by atoms with Crippen LogP contribution >= 0.6 is 22.6 Å². The van der Waals surface area contributed by atoms with Crippen LogP contribution in [0.3, 0.4) is 0 Å². The van der Waals surface area contributed by atoms with E-state index >= 15 is 0 Å². The summed E-state index contributed by atoms with van der Waals surface area (Å²) >= 11 is 1.91. The predicted octanol–water partition coefficient (Wildman–Crippen LogP) is 3.42. The lowest BCUT2D eigenvalue weighted by Crippen LogP contribution is -2.51. The van der Waals surface area contributed by atoms with Crippen molar-refractivity contribution in [2.75, 3.05) is 18.4 Å². The van der Waals surface area contributed by atoms with E-state index in [4.69, 9.17) is 5.21 Å². The van der Waals surface area contributed by atoms with E-state index in [-0.39, 0.29) is 36.7 Å². The molecule has 0 atom stereocenters. The van der Waals surface area contributed by atoms with Crippen molar-refractivity contribution in [3.8, 4) is 0 Å². The summed E-state index contributed by atoms with van der Waals surface area (Å²) in [5, 5.41) is 11.0. The van der Waals surface area contributed by atoms with Crippen LogP contribution in [0.5, 0.6) is 0 Å². The van der Waals surface area contributed by atoms with E-state index in [1.165, 1.54) is 22.5 Å². The fourth-order valence-corrected chi connectivity index (χ4v) is 3.37. The molecule has 10 heteroatoms. The standard InChI is InChI=1S/C18H15F3IN3O3/c19-12-3-2-11(18(27)25-7-9(8-25)5-15(26)24-28)17(16(12)21)23-14-4-1-10(22)6-13(14)20/h1-4,6,9,23,28H,5,7-8H2,(H,24,26). The van der Waals surface area contributed by atoms with Gasteiger partial charge in [-0.3, -0.25) is 14.8 Å². The van der Waals surface area contributed by atoms with Gasteiger partial charge in [0.2, 0.25) is 5.91 Å². The van der Waals surface area contributed by atoms with Gasteiger partial charge in [-0.25, -0.2) is 18.7 Å². The number of hydroxylamine groups is 1. The molecule has 1 fully saturated rings. The Morgan fingerprint density at radius 1 is 1.14 bits per heavy atom. The lowest BCUT2D eigenvalue weighted by Gasteiger charge is -2.39. The van der Waals surface area contributed by atoms with E-state index in [0.29, 0.717) is 3.57 Å². The summed E-state index contributed by atoms with van der Waals surface area (Å²) in [4.78, 5) is 25.2. The van der Waals surface area contributed by atoms with Crippen LogP contribution < -0.4 is 10.8 Å². The minimum absolute atomic E-state index is 0.0387. The quantitative estimate of drug-likeness (QED) is 0.331. The van der Waals surface area contributed by atoms with Crippen LogP contribution in [0.1, 0.15) is 16.8 Å². The van der Waals surface area contributed by atoms with Crippen molar-refractivity contribution < 1.29 is 28.0 Å². The van der Waals surface area contributed by atoms with E-state index in [1.54, 1.807) is 6.07 Å². The van der Waals surface area contributed by atoms with Crippen molar-refractivity contribution in [2.45, 2.75) is 6.42 Å². The van der Waals surface area contributed by atoms with Gasteiger partial charge in [0.05, 0.1) is 16.9 Å². The first-order valence-electron chi connectivity index (χ1n) is 8.22. The number of nitrogens with one attached hydrogen (secondary N) is 2. The molecule has 0 aliphatic carbocycles.